The van der Waals surface area contributed by atoms with E-state index in [1.165, 1.54) is 4.90 Å². The molecule has 0 aliphatic carbocycles. The van der Waals surface area contributed by atoms with Crippen LogP contribution in [-0.2, 0) is 9.59 Å². The topological polar surface area (TPSA) is 61.4 Å². The summed E-state index contributed by atoms with van der Waals surface area (Å²) < 4.78 is 39.9. The minimum Gasteiger partial charge on any atom is -0.354 e. The van der Waals surface area contributed by atoms with Crippen LogP contribution in [0.5, 0.6) is 0 Å². The highest BCUT2D eigenvalue weighted by atomic mass is 19.2. The number of likely N-dealkylation sites (N-methyl/N-ethyl adjacent to an activating group) is 1. The number of halogens is 3. The van der Waals surface area contributed by atoms with E-state index in [-0.39, 0.29) is 18.4 Å². The number of nitrogens with zero attached hydrogens (tertiary/aromatic N) is 1. The van der Waals surface area contributed by atoms with Gasteiger partial charge in [-0.05, 0) is 38.1 Å². The fourth-order valence-electron chi connectivity index (χ4n) is 2.97. The molecule has 2 N–H and O–H groups in total. The fraction of sp³-hybridized carbons (Fsp3) is 0.364. The lowest BCUT2D eigenvalue weighted by Crippen LogP contribution is -2.46. The van der Waals surface area contributed by atoms with Gasteiger partial charge in [0.05, 0.1) is 18.3 Å². The zero-order valence-electron chi connectivity index (χ0n) is 17.2. The molecule has 8 heteroatoms. The monoisotopic (exact) mass is 421 g/mol. The van der Waals surface area contributed by atoms with Crippen molar-refractivity contribution in [3.63, 3.8) is 0 Å². The van der Waals surface area contributed by atoms with Crippen molar-refractivity contribution in [1.82, 2.24) is 10.2 Å². The van der Waals surface area contributed by atoms with Crippen LogP contribution in [0, 0.1) is 17.5 Å². The first-order valence-electron chi connectivity index (χ1n) is 9.70. The highest BCUT2D eigenvalue weighted by molar-refractivity contribution is 5.93. The molecule has 2 atom stereocenters. The van der Waals surface area contributed by atoms with Gasteiger partial charge in [-0.15, -0.1) is 0 Å². The zero-order chi connectivity index (χ0) is 22.3. The Morgan fingerprint density at radius 3 is 2.33 bits per heavy atom. The highest BCUT2D eigenvalue weighted by Crippen LogP contribution is 2.20. The summed E-state index contributed by atoms with van der Waals surface area (Å²) in [7, 11) is 1.57. The van der Waals surface area contributed by atoms with Crippen LogP contribution in [0.1, 0.15) is 31.7 Å². The molecule has 0 bridgehead atoms. The molecule has 2 rings (SSSR count). The number of carbonyl (C=O) groups is 2. The quantitative estimate of drug-likeness (QED) is 0.608. The maximum absolute atomic E-state index is 13.7. The van der Waals surface area contributed by atoms with E-state index in [9.17, 15) is 22.8 Å². The van der Waals surface area contributed by atoms with E-state index >= 15 is 0 Å². The molecule has 0 aliphatic heterocycles. The van der Waals surface area contributed by atoms with Gasteiger partial charge in [-0.1, -0.05) is 37.3 Å². The lowest BCUT2D eigenvalue weighted by molar-refractivity contribution is -0.126. The average Bonchev–Trinajstić information content (AvgIpc) is 2.74. The van der Waals surface area contributed by atoms with Crippen LogP contribution in [-0.4, -0.2) is 42.9 Å². The molecule has 0 saturated heterocycles. The first-order valence-corrected chi connectivity index (χ1v) is 9.70. The minimum atomic E-state index is -1.65. The SMILES string of the molecule is CC[C@H](CNC(=O)[C@@H](C)N(C)CC(=O)Nc1ccc(F)c(F)c1F)c1ccccc1. The maximum Gasteiger partial charge on any atom is 0.238 e. The third-order valence-electron chi connectivity index (χ3n) is 5.03. The van der Waals surface area contributed by atoms with Crippen molar-refractivity contribution in [2.75, 3.05) is 25.5 Å². The van der Waals surface area contributed by atoms with Crippen molar-refractivity contribution in [2.24, 2.45) is 0 Å². The Bertz CT molecular complexity index is 877. The Morgan fingerprint density at radius 2 is 1.70 bits per heavy atom. The predicted octanol–water partition coefficient (Wildman–Crippen LogP) is 3.67. The number of rotatable bonds is 9. The van der Waals surface area contributed by atoms with Crippen molar-refractivity contribution in [3.05, 3.63) is 65.5 Å². The fourth-order valence-corrected chi connectivity index (χ4v) is 2.97. The standard InChI is InChI=1S/C22H26F3N3O2/c1-4-15(16-8-6-5-7-9-16)12-26-22(30)14(2)28(3)13-19(29)27-18-11-10-17(23)20(24)21(18)25/h5-11,14-15H,4,12-13H2,1-3H3,(H,26,30)(H,27,29)/t14-,15-/m1/s1. The number of amides is 2. The number of anilines is 1. The zero-order valence-corrected chi connectivity index (χ0v) is 17.2. The minimum absolute atomic E-state index is 0.173. The molecule has 0 aromatic heterocycles. The van der Waals surface area contributed by atoms with Gasteiger partial charge in [-0.25, -0.2) is 13.2 Å². The molecule has 0 saturated carbocycles. The molecule has 5 nitrogen and oxygen atoms in total. The van der Waals surface area contributed by atoms with Crippen LogP contribution in [0.15, 0.2) is 42.5 Å². The number of benzene rings is 2. The van der Waals surface area contributed by atoms with Gasteiger partial charge in [-0.3, -0.25) is 14.5 Å². The van der Waals surface area contributed by atoms with E-state index in [1.54, 1.807) is 14.0 Å². The number of hydrogen-bond acceptors (Lipinski definition) is 3. The number of hydrogen-bond donors (Lipinski definition) is 2. The smallest absolute Gasteiger partial charge is 0.238 e. The molecular formula is C22H26F3N3O2. The molecule has 0 unspecified atom stereocenters. The lowest BCUT2D eigenvalue weighted by atomic mass is 9.96. The van der Waals surface area contributed by atoms with Gasteiger partial charge in [-0.2, -0.15) is 0 Å². The highest BCUT2D eigenvalue weighted by Gasteiger charge is 2.22. The maximum atomic E-state index is 13.7. The largest absolute Gasteiger partial charge is 0.354 e. The van der Waals surface area contributed by atoms with E-state index in [0.717, 1.165) is 24.1 Å². The predicted molar refractivity (Wildman–Crippen MR) is 110 cm³/mol. The van der Waals surface area contributed by atoms with Crippen molar-refractivity contribution < 1.29 is 22.8 Å². The van der Waals surface area contributed by atoms with Crippen molar-refractivity contribution in [2.45, 2.75) is 32.2 Å². The van der Waals surface area contributed by atoms with Gasteiger partial charge in [0.15, 0.2) is 17.5 Å². The van der Waals surface area contributed by atoms with Gasteiger partial charge in [0.1, 0.15) is 0 Å². The van der Waals surface area contributed by atoms with Crippen LogP contribution in [0.3, 0.4) is 0 Å². The average molecular weight is 421 g/mol. The third kappa shape index (κ3) is 6.06. The molecule has 2 aromatic rings. The third-order valence-corrected chi connectivity index (χ3v) is 5.03. The van der Waals surface area contributed by atoms with E-state index in [1.807, 2.05) is 37.3 Å². The number of nitrogens with one attached hydrogen (secondary N) is 2. The van der Waals surface area contributed by atoms with Crippen LogP contribution in [0.2, 0.25) is 0 Å². The molecule has 0 aliphatic rings. The Morgan fingerprint density at radius 1 is 1.03 bits per heavy atom. The van der Waals surface area contributed by atoms with Gasteiger partial charge in [0, 0.05) is 12.5 Å². The molecule has 2 amide bonds. The summed E-state index contributed by atoms with van der Waals surface area (Å²) in [6, 6.07) is 10.9. The number of carbonyl (C=O) groups excluding carboxylic acids is 2. The summed E-state index contributed by atoms with van der Waals surface area (Å²) in [6.07, 6.45) is 0.858. The molecule has 0 heterocycles. The van der Waals surface area contributed by atoms with Crippen LogP contribution in [0.4, 0.5) is 18.9 Å². The van der Waals surface area contributed by atoms with Crippen LogP contribution >= 0.6 is 0 Å². The van der Waals surface area contributed by atoms with Crippen molar-refractivity contribution in [1.29, 1.82) is 0 Å². The first-order chi connectivity index (χ1) is 14.2. The van der Waals surface area contributed by atoms with Crippen molar-refractivity contribution >= 4 is 17.5 Å². The van der Waals surface area contributed by atoms with Gasteiger partial charge in [0.2, 0.25) is 11.8 Å². The second-order valence-electron chi connectivity index (χ2n) is 7.12. The summed E-state index contributed by atoms with van der Waals surface area (Å²) in [5.74, 6) is -5.20. The summed E-state index contributed by atoms with van der Waals surface area (Å²) >= 11 is 0. The second-order valence-corrected chi connectivity index (χ2v) is 7.12. The van der Waals surface area contributed by atoms with E-state index in [4.69, 9.17) is 0 Å². The molecule has 0 spiro atoms. The van der Waals surface area contributed by atoms with E-state index in [0.29, 0.717) is 6.54 Å². The van der Waals surface area contributed by atoms with Crippen LogP contribution in [0.25, 0.3) is 0 Å². The van der Waals surface area contributed by atoms with Gasteiger partial charge >= 0.3 is 0 Å². The van der Waals surface area contributed by atoms with Gasteiger partial charge < -0.3 is 10.6 Å². The molecule has 0 radical (unpaired) electrons. The summed E-state index contributed by atoms with van der Waals surface area (Å²) in [5, 5.41) is 5.08. The summed E-state index contributed by atoms with van der Waals surface area (Å²) in [6.45, 7) is 3.91. The normalized spacial score (nSPS) is 13.0. The Balaban J connectivity index is 1.88. The van der Waals surface area contributed by atoms with Crippen LogP contribution < -0.4 is 10.6 Å². The Labute approximate surface area is 174 Å². The molecular weight excluding hydrogens is 395 g/mol. The Kier molecular flexibility index (Phi) is 8.41. The molecule has 2 aromatic carbocycles. The molecule has 30 heavy (non-hydrogen) atoms. The molecule has 162 valence electrons. The molecule has 0 fully saturated rings. The van der Waals surface area contributed by atoms with E-state index < -0.39 is 35.1 Å². The van der Waals surface area contributed by atoms with Gasteiger partial charge in [0.25, 0.3) is 0 Å². The Hall–Kier alpha value is -2.87. The summed E-state index contributed by atoms with van der Waals surface area (Å²) in [5.41, 5.74) is 0.673. The second kappa shape index (κ2) is 10.8. The van der Waals surface area contributed by atoms with Crippen molar-refractivity contribution in [3.8, 4) is 0 Å². The summed E-state index contributed by atoms with van der Waals surface area (Å²) in [4.78, 5) is 26.1. The lowest BCUT2D eigenvalue weighted by Gasteiger charge is -2.24. The first kappa shape index (κ1) is 23.4. The van der Waals surface area contributed by atoms with E-state index in [2.05, 4.69) is 10.6 Å².